The van der Waals surface area contributed by atoms with Crippen LogP contribution in [0.4, 0.5) is 19.1 Å². The molecular formula is C21H13F3N4O3. The van der Waals surface area contributed by atoms with Crippen LogP contribution in [0.25, 0.3) is 11.5 Å². The number of nitrogens with zero attached hydrogens (tertiary/aromatic N) is 3. The SMILES string of the molecule is O=C(Nc1nccc(-c2ccco2)n1)c1ccc(Oc2ccc(C(F)(F)F)cn2)cc1. The number of alkyl halides is 3. The topological polar surface area (TPSA) is 90.1 Å². The number of benzene rings is 1. The summed E-state index contributed by atoms with van der Waals surface area (Å²) in [7, 11) is 0. The molecule has 0 aliphatic carbocycles. The van der Waals surface area contributed by atoms with Gasteiger partial charge in [0.15, 0.2) is 5.76 Å². The summed E-state index contributed by atoms with van der Waals surface area (Å²) < 4.78 is 48.4. The van der Waals surface area contributed by atoms with Crippen LogP contribution >= 0.6 is 0 Å². The van der Waals surface area contributed by atoms with E-state index in [0.717, 1.165) is 12.1 Å². The van der Waals surface area contributed by atoms with Gasteiger partial charge in [0.05, 0.1) is 11.8 Å². The average molecular weight is 426 g/mol. The van der Waals surface area contributed by atoms with Crippen molar-refractivity contribution in [2.45, 2.75) is 6.18 Å². The summed E-state index contributed by atoms with van der Waals surface area (Å²) in [5.74, 6) is 0.494. The Kier molecular flexibility index (Phi) is 5.35. The number of carbonyl (C=O) groups is 1. The summed E-state index contributed by atoms with van der Waals surface area (Å²) >= 11 is 0. The van der Waals surface area contributed by atoms with Crippen LogP contribution in [0.1, 0.15) is 15.9 Å². The van der Waals surface area contributed by atoms with Gasteiger partial charge in [0.25, 0.3) is 5.91 Å². The number of rotatable bonds is 5. The van der Waals surface area contributed by atoms with Crippen LogP contribution in [0.3, 0.4) is 0 Å². The van der Waals surface area contributed by atoms with Crippen molar-refractivity contribution in [1.29, 1.82) is 0 Å². The fourth-order valence-corrected chi connectivity index (χ4v) is 2.56. The van der Waals surface area contributed by atoms with Crippen molar-refractivity contribution in [2.24, 2.45) is 0 Å². The second-order valence-corrected chi connectivity index (χ2v) is 6.21. The van der Waals surface area contributed by atoms with E-state index >= 15 is 0 Å². The molecule has 10 heteroatoms. The highest BCUT2D eigenvalue weighted by Crippen LogP contribution is 2.30. The molecule has 0 spiro atoms. The number of anilines is 1. The average Bonchev–Trinajstić information content (AvgIpc) is 3.29. The van der Waals surface area contributed by atoms with Crippen LogP contribution < -0.4 is 10.1 Å². The Bertz CT molecular complexity index is 1180. The third-order valence-electron chi connectivity index (χ3n) is 4.06. The minimum absolute atomic E-state index is 0.00616. The molecule has 0 aliphatic rings. The Balaban J connectivity index is 1.41. The molecular weight excluding hydrogens is 413 g/mol. The Morgan fingerprint density at radius 2 is 1.81 bits per heavy atom. The lowest BCUT2D eigenvalue weighted by Gasteiger charge is -2.09. The zero-order valence-corrected chi connectivity index (χ0v) is 15.6. The van der Waals surface area contributed by atoms with Crippen molar-refractivity contribution in [1.82, 2.24) is 15.0 Å². The fourth-order valence-electron chi connectivity index (χ4n) is 2.56. The van der Waals surface area contributed by atoms with E-state index in [2.05, 4.69) is 20.3 Å². The number of halogens is 3. The van der Waals surface area contributed by atoms with E-state index < -0.39 is 17.6 Å². The highest BCUT2D eigenvalue weighted by molar-refractivity contribution is 6.03. The summed E-state index contributed by atoms with van der Waals surface area (Å²) in [5.41, 5.74) is -0.0481. The first kappa shape index (κ1) is 20.1. The zero-order chi connectivity index (χ0) is 21.8. The van der Waals surface area contributed by atoms with Gasteiger partial charge in [0.1, 0.15) is 11.4 Å². The maximum Gasteiger partial charge on any atom is 0.417 e. The fraction of sp³-hybridized carbons (Fsp3) is 0.0476. The molecule has 0 unspecified atom stereocenters. The maximum absolute atomic E-state index is 12.6. The van der Waals surface area contributed by atoms with Crippen LogP contribution in [-0.2, 0) is 6.18 Å². The van der Waals surface area contributed by atoms with Crippen molar-refractivity contribution < 1.29 is 27.1 Å². The number of furan rings is 1. The molecule has 0 fully saturated rings. The summed E-state index contributed by atoms with van der Waals surface area (Å²) in [6.45, 7) is 0. The van der Waals surface area contributed by atoms with Gasteiger partial charge in [0.2, 0.25) is 11.8 Å². The highest BCUT2D eigenvalue weighted by atomic mass is 19.4. The Morgan fingerprint density at radius 3 is 2.45 bits per heavy atom. The van der Waals surface area contributed by atoms with Crippen LogP contribution in [-0.4, -0.2) is 20.9 Å². The monoisotopic (exact) mass is 426 g/mol. The van der Waals surface area contributed by atoms with Crippen molar-refractivity contribution in [3.05, 3.63) is 84.4 Å². The first-order valence-electron chi connectivity index (χ1n) is 8.88. The van der Waals surface area contributed by atoms with Crippen molar-refractivity contribution in [3.8, 4) is 23.1 Å². The Labute approximate surface area is 173 Å². The quantitative estimate of drug-likeness (QED) is 0.472. The molecule has 31 heavy (non-hydrogen) atoms. The number of amides is 1. The smallest absolute Gasteiger partial charge is 0.417 e. The van der Waals surface area contributed by atoms with E-state index in [1.165, 1.54) is 36.7 Å². The first-order chi connectivity index (χ1) is 14.9. The molecule has 7 nitrogen and oxygen atoms in total. The lowest BCUT2D eigenvalue weighted by Crippen LogP contribution is -2.14. The normalized spacial score (nSPS) is 11.2. The summed E-state index contributed by atoms with van der Waals surface area (Å²) in [4.78, 5) is 24.3. The van der Waals surface area contributed by atoms with E-state index in [-0.39, 0.29) is 11.8 Å². The molecule has 3 heterocycles. The summed E-state index contributed by atoms with van der Waals surface area (Å²) in [6, 6.07) is 13.1. The molecule has 1 N–H and O–H groups in total. The molecule has 4 aromatic rings. The van der Waals surface area contributed by atoms with Crippen molar-refractivity contribution >= 4 is 11.9 Å². The molecule has 0 bridgehead atoms. The van der Waals surface area contributed by atoms with E-state index in [9.17, 15) is 18.0 Å². The number of hydrogen-bond donors (Lipinski definition) is 1. The van der Waals surface area contributed by atoms with Crippen LogP contribution in [0.2, 0.25) is 0 Å². The molecule has 0 radical (unpaired) electrons. The van der Waals surface area contributed by atoms with E-state index in [1.807, 2.05) is 0 Å². The second kappa shape index (κ2) is 8.27. The highest BCUT2D eigenvalue weighted by Gasteiger charge is 2.30. The number of carbonyl (C=O) groups excluding carboxylic acids is 1. The largest absolute Gasteiger partial charge is 0.463 e. The van der Waals surface area contributed by atoms with Gasteiger partial charge in [-0.1, -0.05) is 0 Å². The molecule has 0 saturated heterocycles. The van der Waals surface area contributed by atoms with Gasteiger partial charge in [-0.3, -0.25) is 10.1 Å². The molecule has 1 aromatic carbocycles. The number of pyridine rings is 1. The summed E-state index contributed by atoms with van der Waals surface area (Å²) in [5, 5.41) is 2.59. The maximum atomic E-state index is 12.6. The predicted octanol–water partition coefficient (Wildman–Crippen LogP) is 5.20. The van der Waals surface area contributed by atoms with Gasteiger partial charge >= 0.3 is 6.18 Å². The van der Waals surface area contributed by atoms with E-state index in [4.69, 9.17) is 9.15 Å². The number of ether oxygens (including phenoxy) is 1. The Hall–Kier alpha value is -4.21. The van der Waals surface area contributed by atoms with Gasteiger partial charge in [-0.2, -0.15) is 13.2 Å². The van der Waals surface area contributed by atoms with Crippen LogP contribution in [0.15, 0.2) is 77.7 Å². The van der Waals surface area contributed by atoms with Crippen LogP contribution in [0, 0.1) is 0 Å². The summed E-state index contributed by atoms with van der Waals surface area (Å²) in [6.07, 6.45) is -0.774. The molecule has 3 aromatic heterocycles. The standard InChI is InChI=1S/C21H13F3N4O3/c22-21(23,24)14-5-8-18(26-12-14)31-15-6-3-13(4-7-15)19(29)28-20-25-10-9-16(27-20)17-2-1-11-30-17/h1-12H,(H,25,27,28,29). The van der Waals surface area contributed by atoms with Gasteiger partial charge in [-0.05, 0) is 48.5 Å². The molecule has 0 aliphatic heterocycles. The van der Waals surface area contributed by atoms with Crippen LogP contribution in [0.5, 0.6) is 11.6 Å². The molecule has 156 valence electrons. The number of hydrogen-bond acceptors (Lipinski definition) is 6. The lowest BCUT2D eigenvalue weighted by molar-refractivity contribution is -0.137. The molecule has 1 amide bonds. The van der Waals surface area contributed by atoms with Crippen molar-refractivity contribution in [3.63, 3.8) is 0 Å². The van der Waals surface area contributed by atoms with Gasteiger partial charge in [-0.25, -0.2) is 15.0 Å². The third kappa shape index (κ3) is 4.86. The van der Waals surface area contributed by atoms with E-state index in [0.29, 0.717) is 29.0 Å². The third-order valence-corrected chi connectivity index (χ3v) is 4.06. The molecule has 4 rings (SSSR count). The van der Waals surface area contributed by atoms with E-state index in [1.54, 1.807) is 18.2 Å². The first-order valence-corrected chi connectivity index (χ1v) is 8.88. The molecule has 0 saturated carbocycles. The predicted molar refractivity (Wildman–Crippen MR) is 103 cm³/mol. The van der Waals surface area contributed by atoms with Gasteiger partial charge in [0, 0.05) is 24.0 Å². The van der Waals surface area contributed by atoms with Gasteiger partial charge in [-0.15, -0.1) is 0 Å². The lowest BCUT2D eigenvalue weighted by atomic mass is 10.2. The number of aromatic nitrogens is 3. The minimum Gasteiger partial charge on any atom is -0.463 e. The Morgan fingerprint density at radius 1 is 1.00 bits per heavy atom. The second-order valence-electron chi connectivity index (χ2n) is 6.21. The minimum atomic E-state index is -4.47. The number of nitrogens with one attached hydrogen (secondary N) is 1. The molecule has 0 atom stereocenters. The van der Waals surface area contributed by atoms with Gasteiger partial charge < -0.3 is 9.15 Å². The van der Waals surface area contributed by atoms with Crippen molar-refractivity contribution in [2.75, 3.05) is 5.32 Å². The zero-order valence-electron chi connectivity index (χ0n) is 15.6.